The molecule has 0 unspecified atom stereocenters. The maximum atomic E-state index is 2.49. The van der Waals surface area contributed by atoms with Crippen LogP contribution in [0.4, 0.5) is 0 Å². The highest BCUT2D eigenvalue weighted by Crippen LogP contribution is 2.42. The fraction of sp³-hybridized carbons (Fsp3) is 0. The van der Waals surface area contributed by atoms with Gasteiger partial charge in [-0.1, -0.05) is 133 Å². The SMILES string of the molecule is c1ccc(-c2cccc(-n3c4ccccc4c4cc(-c5ccc6c(c5)c5ccc7ccccc7c5n6-c5ccc6c(c5)sc5ccccc56)ccc43)c2)cc1. The van der Waals surface area contributed by atoms with Crippen LogP contribution in [0.15, 0.2) is 194 Å². The summed E-state index contributed by atoms with van der Waals surface area (Å²) < 4.78 is 7.54. The van der Waals surface area contributed by atoms with E-state index in [0.29, 0.717) is 0 Å². The Balaban J connectivity index is 1.06. The van der Waals surface area contributed by atoms with Crippen molar-refractivity contribution in [1.29, 1.82) is 0 Å². The summed E-state index contributed by atoms with van der Waals surface area (Å²) in [6.45, 7) is 0. The summed E-state index contributed by atoms with van der Waals surface area (Å²) in [7, 11) is 0. The van der Waals surface area contributed by atoms with Gasteiger partial charge in [0.05, 0.1) is 22.1 Å². The lowest BCUT2D eigenvalue weighted by Crippen LogP contribution is -1.94. The van der Waals surface area contributed by atoms with Crippen LogP contribution in [0.2, 0.25) is 0 Å². The fourth-order valence-electron chi connectivity index (χ4n) is 8.97. The van der Waals surface area contributed by atoms with Crippen molar-refractivity contribution in [3.8, 4) is 33.6 Å². The van der Waals surface area contributed by atoms with E-state index in [-0.39, 0.29) is 0 Å². The molecule has 3 heteroatoms. The first kappa shape index (κ1) is 30.5. The average Bonchev–Trinajstić information content (AvgIpc) is 3.91. The van der Waals surface area contributed by atoms with Gasteiger partial charge in [0.25, 0.3) is 0 Å². The molecule has 0 N–H and O–H groups in total. The molecular formula is C52H32N2S. The highest BCUT2D eigenvalue weighted by molar-refractivity contribution is 7.25. The minimum absolute atomic E-state index is 1.16. The molecule has 0 aliphatic carbocycles. The summed E-state index contributed by atoms with van der Waals surface area (Å²) >= 11 is 1.87. The monoisotopic (exact) mass is 716 g/mol. The molecule has 3 heterocycles. The van der Waals surface area contributed by atoms with Crippen LogP contribution in [0.25, 0.3) is 108 Å². The highest BCUT2D eigenvalue weighted by Gasteiger charge is 2.18. The van der Waals surface area contributed by atoms with E-state index in [9.17, 15) is 0 Å². The molecule has 12 aromatic rings. The van der Waals surface area contributed by atoms with E-state index in [4.69, 9.17) is 0 Å². The number of fused-ring (bicyclic) bond motifs is 11. The number of rotatable bonds is 4. The Labute approximate surface area is 321 Å². The van der Waals surface area contributed by atoms with Gasteiger partial charge in [-0.2, -0.15) is 0 Å². The molecule has 3 aromatic heterocycles. The number of aromatic nitrogens is 2. The predicted octanol–water partition coefficient (Wildman–Crippen LogP) is 14.7. The van der Waals surface area contributed by atoms with E-state index >= 15 is 0 Å². The molecule has 9 aromatic carbocycles. The average molecular weight is 717 g/mol. The molecule has 0 fully saturated rings. The van der Waals surface area contributed by atoms with Crippen LogP contribution in [-0.4, -0.2) is 9.13 Å². The Bertz CT molecular complexity index is 3490. The smallest absolute Gasteiger partial charge is 0.0619 e. The molecule has 0 amide bonds. The fourth-order valence-corrected chi connectivity index (χ4v) is 10.1. The second-order valence-electron chi connectivity index (χ2n) is 14.5. The molecule has 0 aliphatic rings. The van der Waals surface area contributed by atoms with Crippen LogP contribution < -0.4 is 0 Å². The summed E-state index contributed by atoms with van der Waals surface area (Å²) in [6, 6.07) is 71.5. The molecule has 0 aliphatic heterocycles. The lowest BCUT2D eigenvalue weighted by Gasteiger charge is -2.11. The lowest BCUT2D eigenvalue weighted by molar-refractivity contribution is 1.18. The van der Waals surface area contributed by atoms with Gasteiger partial charge < -0.3 is 9.13 Å². The summed E-state index contributed by atoms with van der Waals surface area (Å²) in [4.78, 5) is 0. The van der Waals surface area contributed by atoms with Gasteiger partial charge in [0.2, 0.25) is 0 Å². The Morgan fingerprint density at radius 3 is 1.75 bits per heavy atom. The van der Waals surface area contributed by atoms with Crippen molar-refractivity contribution >= 4 is 85.9 Å². The molecule has 0 spiro atoms. The van der Waals surface area contributed by atoms with Crippen LogP contribution in [-0.2, 0) is 0 Å². The Morgan fingerprint density at radius 2 is 0.891 bits per heavy atom. The molecule has 0 atom stereocenters. The largest absolute Gasteiger partial charge is 0.309 e. The third kappa shape index (κ3) is 4.60. The second-order valence-corrected chi connectivity index (χ2v) is 15.6. The second kappa shape index (κ2) is 11.8. The molecule has 0 saturated carbocycles. The van der Waals surface area contributed by atoms with Crippen molar-refractivity contribution in [3.63, 3.8) is 0 Å². The van der Waals surface area contributed by atoms with Crippen molar-refractivity contribution in [1.82, 2.24) is 9.13 Å². The lowest BCUT2D eigenvalue weighted by atomic mass is 10.00. The molecule has 2 nitrogen and oxygen atoms in total. The maximum Gasteiger partial charge on any atom is 0.0619 e. The Hall–Kier alpha value is -6.94. The van der Waals surface area contributed by atoms with Crippen LogP contribution in [0.5, 0.6) is 0 Å². The van der Waals surface area contributed by atoms with Crippen molar-refractivity contribution < 1.29 is 0 Å². The normalized spacial score (nSPS) is 12.0. The van der Waals surface area contributed by atoms with Crippen LogP contribution >= 0.6 is 11.3 Å². The van der Waals surface area contributed by atoms with Gasteiger partial charge in [0.1, 0.15) is 0 Å². The zero-order valence-electron chi connectivity index (χ0n) is 29.8. The van der Waals surface area contributed by atoms with Crippen molar-refractivity contribution in [2.75, 3.05) is 0 Å². The summed E-state index contributed by atoms with van der Waals surface area (Å²) in [5.74, 6) is 0. The van der Waals surface area contributed by atoms with Gasteiger partial charge >= 0.3 is 0 Å². The number of nitrogens with zero attached hydrogens (tertiary/aromatic N) is 2. The quantitative estimate of drug-likeness (QED) is 0.172. The first-order valence-corrected chi connectivity index (χ1v) is 19.7. The molecule has 55 heavy (non-hydrogen) atoms. The minimum Gasteiger partial charge on any atom is -0.309 e. The molecule has 12 rings (SSSR count). The summed E-state index contributed by atoms with van der Waals surface area (Å²) in [5.41, 5.74) is 12.1. The van der Waals surface area contributed by atoms with Gasteiger partial charge in [-0.05, 0) is 88.3 Å². The van der Waals surface area contributed by atoms with Crippen LogP contribution in [0.3, 0.4) is 0 Å². The van der Waals surface area contributed by atoms with Crippen LogP contribution in [0, 0.1) is 0 Å². The molecule has 0 saturated heterocycles. The number of para-hydroxylation sites is 1. The van der Waals surface area contributed by atoms with Crippen molar-refractivity contribution in [3.05, 3.63) is 194 Å². The number of benzene rings is 9. The maximum absolute atomic E-state index is 2.49. The third-order valence-corrected chi connectivity index (χ3v) is 12.6. The van der Waals surface area contributed by atoms with E-state index in [1.54, 1.807) is 0 Å². The third-order valence-electron chi connectivity index (χ3n) is 11.5. The van der Waals surface area contributed by atoms with E-state index in [1.807, 2.05) is 11.3 Å². The number of thiophene rings is 1. The first-order chi connectivity index (χ1) is 27.3. The first-order valence-electron chi connectivity index (χ1n) is 18.8. The molecule has 0 bridgehead atoms. The molecular weight excluding hydrogens is 685 g/mol. The van der Waals surface area contributed by atoms with E-state index in [2.05, 4.69) is 203 Å². The van der Waals surface area contributed by atoms with Gasteiger partial charge in [0.15, 0.2) is 0 Å². The van der Waals surface area contributed by atoms with Crippen LogP contribution in [0.1, 0.15) is 0 Å². The van der Waals surface area contributed by atoms with E-state index in [1.165, 1.54) is 102 Å². The topological polar surface area (TPSA) is 9.86 Å². The number of hydrogen-bond acceptors (Lipinski definition) is 1. The van der Waals surface area contributed by atoms with Gasteiger partial charge in [-0.25, -0.2) is 0 Å². The Kier molecular flexibility index (Phi) is 6.54. The van der Waals surface area contributed by atoms with Crippen molar-refractivity contribution in [2.24, 2.45) is 0 Å². The zero-order chi connectivity index (χ0) is 36.0. The van der Waals surface area contributed by atoms with Gasteiger partial charge in [-0.3, -0.25) is 0 Å². The van der Waals surface area contributed by atoms with E-state index in [0.717, 1.165) is 5.69 Å². The standard InChI is InChI=1S/C52H32N2S/c1-2-11-33(12-3-1)35-14-10-15-38(29-35)53-47-19-8-6-17-41(47)45-30-36(22-27-48(45)53)37-23-28-49-46(31-37)44-25-21-34-13-4-5-16-40(34)52(44)54(49)39-24-26-43-42-18-7-9-20-50(42)55-51(43)32-39/h1-32H. The van der Waals surface area contributed by atoms with Crippen molar-refractivity contribution in [2.45, 2.75) is 0 Å². The molecule has 256 valence electrons. The van der Waals surface area contributed by atoms with Gasteiger partial charge in [-0.15, -0.1) is 11.3 Å². The highest BCUT2D eigenvalue weighted by atomic mass is 32.1. The molecule has 0 radical (unpaired) electrons. The number of hydrogen-bond donors (Lipinski definition) is 0. The summed E-state index contributed by atoms with van der Waals surface area (Å²) in [5, 5.41) is 10.2. The summed E-state index contributed by atoms with van der Waals surface area (Å²) in [6.07, 6.45) is 0. The van der Waals surface area contributed by atoms with E-state index < -0.39 is 0 Å². The minimum atomic E-state index is 1.16. The predicted molar refractivity (Wildman–Crippen MR) is 236 cm³/mol. The Morgan fingerprint density at radius 1 is 0.291 bits per heavy atom. The zero-order valence-corrected chi connectivity index (χ0v) is 30.6. The van der Waals surface area contributed by atoms with Gasteiger partial charge in [0, 0.05) is 58.5 Å².